The van der Waals surface area contributed by atoms with E-state index in [9.17, 15) is 9.59 Å². The van der Waals surface area contributed by atoms with Gasteiger partial charge in [0.1, 0.15) is 12.3 Å². The van der Waals surface area contributed by atoms with E-state index in [0.717, 1.165) is 0 Å². The van der Waals surface area contributed by atoms with Crippen LogP contribution in [-0.2, 0) is 9.59 Å². The van der Waals surface area contributed by atoms with E-state index in [0.29, 0.717) is 10.6 Å². The van der Waals surface area contributed by atoms with E-state index in [1.165, 1.54) is 0 Å². The molecule has 0 aromatic heterocycles. The maximum atomic E-state index is 11.1. The summed E-state index contributed by atoms with van der Waals surface area (Å²) in [6, 6.07) is 6.80. The normalized spacial score (nSPS) is 15.9. The molecule has 0 spiro atoms. The van der Waals surface area contributed by atoms with Crippen LogP contribution in [0.15, 0.2) is 29.3 Å². The predicted octanol–water partition coefficient (Wildman–Crippen LogP) is 1.13. The van der Waals surface area contributed by atoms with Crippen molar-refractivity contribution in [2.24, 2.45) is 4.99 Å². The molecule has 2 rings (SSSR count). The van der Waals surface area contributed by atoms with Gasteiger partial charge in [0.25, 0.3) is 5.91 Å². The lowest BCUT2D eigenvalue weighted by Crippen LogP contribution is -2.37. The largest absolute Gasteiger partial charge is 0.310 e. The van der Waals surface area contributed by atoms with E-state index in [2.05, 4.69) is 10.3 Å². The first-order chi connectivity index (χ1) is 7.15. The highest BCUT2D eigenvalue weighted by atomic mass is 35.5. The van der Waals surface area contributed by atoms with Crippen molar-refractivity contribution in [3.05, 3.63) is 34.9 Å². The maximum absolute atomic E-state index is 11.1. The zero-order chi connectivity index (χ0) is 10.8. The zero-order valence-electron chi connectivity index (χ0n) is 7.66. The number of amides is 2. The summed E-state index contributed by atoms with van der Waals surface area (Å²) < 4.78 is 0. The smallest absolute Gasteiger partial charge is 0.257 e. The first-order valence-corrected chi connectivity index (χ1v) is 4.70. The Morgan fingerprint density at radius 3 is 2.80 bits per heavy atom. The Hall–Kier alpha value is -1.68. The number of benzene rings is 1. The molecule has 4 nitrogen and oxygen atoms in total. The average Bonchev–Trinajstić information content (AvgIpc) is 2.16. The fourth-order valence-corrected chi connectivity index (χ4v) is 1.47. The summed E-state index contributed by atoms with van der Waals surface area (Å²) in [6.45, 7) is 0. The van der Waals surface area contributed by atoms with Gasteiger partial charge in [0, 0.05) is 10.6 Å². The van der Waals surface area contributed by atoms with Crippen LogP contribution in [0.3, 0.4) is 0 Å². The molecule has 0 saturated heterocycles. The quantitative estimate of drug-likeness (QED) is 0.725. The molecule has 2 amide bonds. The second-order valence-corrected chi connectivity index (χ2v) is 3.53. The fourth-order valence-electron chi connectivity index (χ4n) is 1.28. The number of rotatable bonds is 1. The molecule has 0 unspecified atom stereocenters. The summed E-state index contributed by atoms with van der Waals surface area (Å²) in [5, 5.41) is 3.05. The van der Waals surface area contributed by atoms with Gasteiger partial charge < -0.3 is 5.32 Å². The van der Waals surface area contributed by atoms with Crippen molar-refractivity contribution >= 4 is 29.3 Å². The highest BCUT2D eigenvalue weighted by Crippen LogP contribution is 2.12. The SMILES string of the molecule is O=C1CC(=O)NC(c2cccc(Cl)c2)=N1. The standard InChI is InChI=1S/C10H7ClN2O2/c11-7-3-1-2-6(4-7)10-12-8(14)5-9(15)13-10/h1-4H,5H2,(H,12,13,14,15). The molecule has 1 aromatic carbocycles. The predicted molar refractivity (Wildman–Crippen MR) is 55.8 cm³/mol. The molecule has 76 valence electrons. The molecule has 1 aliphatic rings. The van der Waals surface area contributed by atoms with Gasteiger partial charge >= 0.3 is 0 Å². The molecule has 0 bridgehead atoms. The minimum Gasteiger partial charge on any atom is -0.310 e. The van der Waals surface area contributed by atoms with Crippen LogP contribution in [0.5, 0.6) is 0 Å². The lowest BCUT2D eigenvalue weighted by molar-refractivity contribution is -0.127. The van der Waals surface area contributed by atoms with Crippen LogP contribution < -0.4 is 5.32 Å². The number of carbonyl (C=O) groups excluding carboxylic acids is 2. The second-order valence-electron chi connectivity index (χ2n) is 3.09. The highest BCUT2D eigenvalue weighted by Gasteiger charge is 2.19. The minimum atomic E-state index is -0.436. The molecule has 1 aromatic rings. The molecular formula is C10H7ClN2O2. The van der Waals surface area contributed by atoms with Crippen LogP contribution in [0.1, 0.15) is 12.0 Å². The van der Waals surface area contributed by atoms with Crippen LogP contribution in [0.4, 0.5) is 0 Å². The summed E-state index contributed by atoms with van der Waals surface area (Å²) in [6.07, 6.45) is -0.190. The van der Waals surface area contributed by atoms with Crippen molar-refractivity contribution in [1.82, 2.24) is 5.32 Å². The van der Waals surface area contributed by atoms with Crippen molar-refractivity contribution in [3.8, 4) is 0 Å². The molecular weight excluding hydrogens is 216 g/mol. The number of nitrogens with one attached hydrogen (secondary N) is 1. The summed E-state index contributed by atoms with van der Waals surface area (Å²) in [5.41, 5.74) is 0.629. The van der Waals surface area contributed by atoms with Gasteiger partial charge in [0.2, 0.25) is 5.91 Å². The van der Waals surface area contributed by atoms with Gasteiger partial charge in [-0.25, -0.2) is 0 Å². The van der Waals surface area contributed by atoms with Crippen molar-refractivity contribution in [2.75, 3.05) is 0 Å². The third-order valence-electron chi connectivity index (χ3n) is 1.90. The van der Waals surface area contributed by atoms with Crippen LogP contribution in [-0.4, -0.2) is 17.6 Å². The van der Waals surface area contributed by atoms with Crippen molar-refractivity contribution in [2.45, 2.75) is 6.42 Å². The molecule has 1 heterocycles. The third-order valence-corrected chi connectivity index (χ3v) is 2.14. The number of nitrogens with zero attached hydrogens (tertiary/aromatic N) is 1. The Balaban J connectivity index is 2.39. The number of aliphatic imine (C=N–C) groups is 1. The zero-order valence-corrected chi connectivity index (χ0v) is 8.41. The Morgan fingerprint density at radius 2 is 2.13 bits per heavy atom. The van der Waals surface area contributed by atoms with Crippen LogP contribution in [0, 0.1) is 0 Å². The number of halogens is 1. The highest BCUT2D eigenvalue weighted by molar-refractivity contribution is 6.31. The Morgan fingerprint density at radius 1 is 1.33 bits per heavy atom. The topological polar surface area (TPSA) is 58.5 Å². The summed E-state index contributed by atoms with van der Waals surface area (Å²) in [7, 11) is 0. The van der Waals surface area contributed by atoms with Crippen molar-refractivity contribution in [1.29, 1.82) is 0 Å². The molecule has 0 fully saturated rings. The summed E-state index contributed by atoms with van der Waals surface area (Å²) >= 11 is 5.78. The lowest BCUT2D eigenvalue weighted by atomic mass is 10.2. The van der Waals surface area contributed by atoms with Gasteiger partial charge in [-0.15, -0.1) is 0 Å². The van der Waals surface area contributed by atoms with Gasteiger partial charge in [-0.05, 0) is 12.1 Å². The van der Waals surface area contributed by atoms with Crippen molar-refractivity contribution in [3.63, 3.8) is 0 Å². The Kier molecular flexibility index (Phi) is 2.51. The van der Waals surface area contributed by atoms with Gasteiger partial charge in [-0.1, -0.05) is 23.7 Å². The van der Waals surface area contributed by atoms with E-state index in [1.807, 2.05) is 0 Å². The second kappa shape index (κ2) is 3.82. The van der Waals surface area contributed by atoms with E-state index < -0.39 is 5.91 Å². The average molecular weight is 223 g/mol. The van der Waals surface area contributed by atoms with E-state index in [-0.39, 0.29) is 18.2 Å². The van der Waals surface area contributed by atoms with Crippen LogP contribution in [0.25, 0.3) is 0 Å². The first kappa shape index (κ1) is 9.86. The molecule has 15 heavy (non-hydrogen) atoms. The molecule has 1 aliphatic heterocycles. The van der Waals surface area contributed by atoms with Gasteiger partial charge in [-0.2, -0.15) is 4.99 Å². The molecule has 0 atom stereocenters. The van der Waals surface area contributed by atoms with Crippen molar-refractivity contribution < 1.29 is 9.59 Å². The Labute approximate surface area is 91.0 Å². The number of amidine groups is 1. The first-order valence-electron chi connectivity index (χ1n) is 4.32. The Bertz CT molecular complexity index is 468. The molecule has 0 radical (unpaired) electrons. The van der Waals surface area contributed by atoms with E-state index >= 15 is 0 Å². The molecule has 0 saturated carbocycles. The van der Waals surface area contributed by atoms with Crippen LogP contribution >= 0.6 is 11.6 Å². The number of hydrogen-bond acceptors (Lipinski definition) is 2. The molecule has 5 heteroatoms. The minimum absolute atomic E-state index is 0.190. The van der Waals surface area contributed by atoms with Crippen LogP contribution in [0.2, 0.25) is 5.02 Å². The van der Waals surface area contributed by atoms with E-state index in [4.69, 9.17) is 11.6 Å². The monoisotopic (exact) mass is 222 g/mol. The summed E-state index contributed by atoms with van der Waals surface area (Å²) in [4.78, 5) is 25.9. The fraction of sp³-hybridized carbons (Fsp3) is 0.100. The maximum Gasteiger partial charge on any atom is 0.257 e. The van der Waals surface area contributed by atoms with Gasteiger partial charge in [0.05, 0.1) is 0 Å². The summed E-state index contributed by atoms with van der Waals surface area (Å²) in [5.74, 6) is -0.516. The molecule has 1 N–H and O–H groups in total. The van der Waals surface area contributed by atoms with Gasteiger partial charge in [0.15, 0.2) is 0 Å². The number of hydrogen-bond donors (Lipinski definition) is 1. The third kappa shape index (κ3) is 2.22. The number of carbonyl (C=O) groups is 2. The van der Waals surface area contributed by atoms with E-state index in [1.54, 1.807) is 24.3 Å². The van der Waals surface area contributed by atoms with Gasteiger partial charge in [-0.3, -0.25) is 9.59 Å². The molecule has 0 aliphatic carbocycles. The lowest BCUT2D eigenvalue weighted by Gasteiger charge is -2.12.